The second-order valence-corrected chi connectivity index (χ2v) is 6.85. The minimum absolute atomic E-state index is 0.157. The highest BCUT2D eigenvalue weighted by molar-refractivity contribution is 7.98. The number of aromatic nitrogens is 4. The molecule has 0 saturated heterocycles. The van der Waals surface area contributed by atoms with Gasteiger partial charge in [0.05, 0.1) is 19.2 Å². The molecule has 7 nitrogen and oxygen atoms in total. The first kappa shape index (κ1) is 18.5. The summed E-state index contributed by atoms with van der Waals surface area (Å²) in [6, 6.07) is 5.07. The zero-order chi connectivity index (χ0) is 18.8. The molecule has 0 radical (unpaired) electrons. The Morgan fingerprint density at radius 3 is 2.81 bits per heavy atom. The van der Waals surface area contributed by atoms with E-state index in [9.17, 15) is 4.79 Å². The fourth-order valence-corrected chi connectivity index (χ4v) is 3.17. The van der Waals surface area contributed by atoms with Crippen molar-refractivity contribution in [1.82, 2.24) is 19.6 Å². The van der Waals surface area contributed by atoms with Crippen LogP contribution in [0.3, 0.4) is 0 Å². The smallest absolute Gasteiger partial charge is 0.253 e. The summed E-state index contributed by atoms with van der Waals surface area (Å²) < 4.78 is 6.93. The van der Waals surface area contributed by atoms with Gasteiger partial charge in [0.25, 0.3) is 5.78 Å². The number of carbonyl (C=O) groups is 1. The van der Waals surface area contributed by atoms with Crippen molar-refractivity contribution in [1.29, 1.82) is 0 Å². The maximum atomic E-state index is 12.6. The third kappa shape index (κ3) is 3.61. The molecule has 0 saturated carbocycles. The molecule has 1 amide bonds. The third-order valence-electron chi connectivity index (χ3n) is 3.99. The lowest BCUT2D eigenvalue weighted by atomic mass is 10.1. The van der Waals surface area contributed by atoms with Crippen LogP contribution in [0.5, 0.6) is 5.75 Å². The van der Waals surface area contributed by atoms with Gasteiger partial charge in [0, 0.05) is 22.0 Å². The number of carbonyl (C=O) groups excluding carboxylic acids is 1. The highest BCUT2D eigenvalue weighted by Gasteiger charge is 2.17. The molecule has 0 aliphatic carbocycles. The molecule has 26 heavy (non-hydrogen) atoms. The zero-order valence-electron chi connectivity index (χ0n) is 14.8. The van der Waals surface area contributed by atoms with Crippen LogP contribution < -0.4 is 10.1 Å². The van der Waals surface area contributed by atoms with Crippen molar-refractivity contribution in [2.24, 2.45) is 0 Å². The van der Waals surface area contributed by atoms with E-state index in [-0.39, 0.29) is 12.3 Å². The SMILES string of the molecule is COc1ccc(Cl)cc1NC(=O)Cc1c(C)nc2nc(SC)nn2c1C. The Hall–Kier alpha value is -2.32. The average Bonchev–Trinajstić information content (AvgIpc) is 3.02. The second-order valence-electron chi connectivity index (χ2n) is 5.64. The maximum absolute atomic E-state index is 12.6. The number of rotatable bonds is 5. The lowest BCUT2D eigenvalue weighted by molar-refractivity contribution is -0.115. The van der Waals surface area contributed by atoms with E-state index in [1.54, 1.807) is 29.8 Å². The van der Waals surface area contributed by atoms with Crippen molar-refractivity contribution >= 4 is 40.7 Å². The highest BCUT2D eigenvalue weighted by Crippen LogP contribution is 2.28. The number of methoxy groups -OCH3 is 1. The Labute approximate surface area is 160 Å². The van der Waals surface area contributed by atoms with E-state index in [0.717, 1.165) is 17.0 Å². The van der Waals surface area contributed by atoms with Gasteiger partial charge in [0.2, 0.25) is 11.1 Å². The van der Waals surface area contributed by atoms with Gasteiger partial charge in [-0.2, -0.15) is 4.98 Å². The normalized spacial score (nSPS) is 11.0. The van der Waals surface area contributed by atoms with Crippen molar-refractivity contribution in [3.63, 3.8) is 0 Å². The number of ether oxygens (including phenoxy) is 1. The summed E-state index contributed by atoms with van der Waals surface area (Å²) in [6.07, 6.45) is 2.06. The largest absolute Gasteiger partial charge is 0.495 e. The molecule has 0 fully saturated rings. The molecule has 0 bridgehead atoms. The lowest BCUT2D eigenvalue weighted by Gasteiger charge is -2.13. The molecule has 2 heterocycles. The second kappa shape index (κ2) is 7.51. The van der Waals surface area contributed by atoms with Gasteiger partial charge < -0.3 is 10.1 Å². The van der Waals surface area contributed by atoms with E-state index in [2.05, 4.69) is 20.4 Å². The van der Waals surface area contributed by atoms with Crippen molar-refractivity contribution < 1.29 is 9.53 Å². The van der Waals surface area contributed by atoms with Gasteiger partial charge in [0.1, 0.15) is 5.75 Å². The summed E-state index contributed by atoms with van der Waals surface area (Å²) in [5.74, 6) is 0.888. The molecular weight excluding hydrogens is 374 g/mol. The molecule has 0 atom stereocenters. The highest BCUT2D eigenvalue weighted by atomic mass is 35.5. The van der Waals surface area contributed by atoms with Crippen molar-refractivity contribution in [2.75, 3.05) is 18.7 Å². The summed E-state index contributed by atoms with van der Waals surface area (Å²) >= 11 is 7.46. The zero-order valence-corrected chi connectivity index (χ0v) is 16.4. The summed E-state index contributed by atoms with van der Waals surface area (Å²) in [6.45, 7) is 3.77. The molecule has 3 aromatic rings. The molecule has 1 N–H and O–H groups in total. The third-order valence-corrected chi connectivity index (χ3v) is 4.76. The Bertz CT molecular complexity index is 989. The quantitative estimate of drug-likeness (QED) is 0.672. The monoisotopic (exact) mass is 391 g/mol. The Balaban J connectivity index is 1.89. The number of aryl methyl sites for hydroxylation is 2. The number of fused-ring (bicyclic) bond motifs is 1. The lowest BCUT2D eigenvalue weighted by Crippen LogP contribution is -2.18. The molecule has 0 unspecified atom stereocenters. The van der Waals surface area contributed by atoms with E-state index in [4.69, 9.17) is 16.3 Å². The summed E-state index contributed by atoms with van der Waals surface area (Å²) in [5.41, 5.74) is 2.94. The molecule has 2 aromatic heterocycles. The Kier molecular flexibility index (Phi) is 5.33. The predicted octanol–water partition coefficient (Wildman–Crippen LogP) is 3.31. The van der Waals surface area contributed by atoms with Gasteiger partial charge in [-0.3, -0.25) is 4.79 Å². The van der Waals surface area contributed by atoms with E-state index < -0.39 is 0 Å². The van der Waals surface area contributed by atoms with E-state index >= 15 is 0 Å². The first-order valence-electron chi connectivity index (χ1n) is 7.83. The number of nitrogens with one attached hydrogen (secondary N) is 1. The van der Waals surface area contributed by atoms with Crippen LogP contribution in [0, 0.1) is 13.8 Å². The van der Waals surface area contributed by atoms with Crippen LogP contribution in [-0.4, -0.2) is 38.9 Å². The average molecular weight is 392 g/mol. The van der Waals surface area contributed by atoms with Crippen LogP contribution in [0.4, 0.5) is 5.69 Å². The number of hydrogen-bond donors (Lipinski definition) is 1. The molecule has 0 aliphatic heterocycles. The van der Waals surface area contributed by atoms with Crippen LogP contribution >= 0.6 is 23.4 Å². The first-order valence-corrected chi connectivity index (χ1v) is 9.43. The maximum Gasteiger partial charge on any atom is 0.253 e. The molecule has 3 rings (SSSR count). The summed E-state index contributed by atoms with van der Waals surface area (Å²) in [4.78, 5) is 21.4. The molecule has 0 spiro atoms. The van der Waals surface area contributed by atoms with Crippen LogP contribution in [0.1, 0.15) is 17.0 Å². The fourth-order valence-electron chi connectivity index (χ4n) is 2.67. The Morgan fingerprint density at radius 2 is 2.12 bits per heavy atom. The van der Waals surface area contributed by atoms with Crippen molar-refractivity contribution in [3.05, 3.63) is 40.2 Å². The van der Waals surface area contributed by atoms with Crippen LogP contribution in [0.25, 0.3) is 5.78 Å². The van der Waals surface area contributed by atoms with Crippen molar-refractivity contribution in [3.8, 4) is 5.75 Å². The standard InChI is InChI=1S/C17H18ClN5O2S/c1-9-12(10(2)23-16(19-9)21-17(22-23)26-4)8-15(24)20-13-7-11(18)5-6-14(13)25-3/h5-7H,8H2,1-4H3,(H,20,24). The molecular formula is C17H18ClN5O2S. The van der Waals surface area contributed by atoms with Gasteiger partial charge in [0.15, 0.2) is 0 Å². The van der Waals surface area contributed by atoms with E-state index in [0.29, 0.717) is 27.4 Å². The van der Waals surface area contributed by atoms with Gasteiger partial charge >= 0.3 is 0 Å². The number of anilines is 1. The number of benzene rings is 1. The Morgan fingerprint density at radius 1 is 1.35 bits per heavy atom. The van der Waals surface area contributed by atoms with Gasteiger partial charge in [-0.15, -0.1) is 5.10 Å². The number of hydrogen-bond acceptors (Lipinski definition) is 6. The molecule has 136 valence electrons. The van der Waals surface area contributed by atoms with Crippen LogP contribution in [0.2, 0.25) is 5.02 Å². The number of amides is 1. The molecule has 9 heteroatoms. The number of thioether (sulfide) groups is 1. The van der Waals surface area contributed by atoms with E-state index in [1.807, 2.05) is 20.1 Å². The summed E-state index contributed by atoms with van der Waals surface area (Å²) in [5, 5.41) is 8.40. The van der Waals surface area contributed by atoms with Gasteiger partial charge in [-0.05, 0) is 38.3 Å². The topological polar surface area (TPSA) is 81.4 Å². The molecule has 1 aromatic carbocycles. The van der Waals surface area contributed by atoms with Gasteiger partial charge in [-0.25, -0.2) is 9.50 Å². The summed E-state index contributed by atoms with van der Waals surface area (Å²) in [7, 11) is 1.54. The minimum Gasteiger partial charge on any atom is -0.495 e. The fraction of sp³-hybridized carbons (Fsp3) is 0.294. The molecule has 0 aliphatic rings. The van der Waals surface area contributed by atoms with Crippen molar-refractivity contribution in [2.45, 2.75) is 25.4 Å². The number of nitrogens with zero attached hydrogens (tertiary/aromatic N) is 4. The van der Waals surface area contributed by atoms with Crippen LogP contribution in [0.15, 0.2) is 23.4 Å². The number of halogens is 1. The minimum atomic E-state index is -0.192. The first-order chi connectivity index (χ1) is 12.4. The predicted molar refractivity (Wildman–Crippen MR) is 102 cm³/mol. The van der Waals surface area contributed by atoms with Gasteiger partial charge in [-0.1, -0.05) is 23.4 Å². The van der Waals surface area contributed by atoms with E-state index in [1.165, 1.54) is 11.8 Å². The van der Waals surface area contributed by atoms with Crippen LogP contribution in [-0.2, 0) is 11.2 Å².